The third-order valence-corrected chi connectivity index (χ3v) is 4.31. The number of benzene rings is 1. The third kappa shape index (κ3) is 3.31. The molecule has 0 spiro atoms. The van der Waals surface area contributed by atoms with Crippen LogP contribution in [-0.4, -0.2) is 16.5 Å². The van der Waals surface area contributed by atoms with Crippen LogP contribution >= 0.6 is 22.9 Å². The van der Waals surface area contributed by atoms with Crippen LogP contribution in [0.3, 0.4) is 0 Å². The van der Waals surface area contributed by atoms with Crippen molar-refractivity contribution in [3.8, 4) is 0 Å². The predicted molar refractivity (Wildman–Crippen MR) is 85.8 cm³/mol. The van der Waals surface area contributed by atoms with Crippen molar-refractivity contribution in [1.29, 1.82) is 0 Å². The van der Waals surface area contributed by atoms with Gasteiger partial charge in [-0.05, 0) is 37.1 Å². The smallest absolute Gasteiger partial charge is 0.225 e. The highest BCUT2D eigenvalue weighted by Gasteiger charge is 2.08. The lowest BCUT2D eigenvalue weighted by Crippen LogP contribution is -2.08. The van der Waals surface area contributed by atoms with E-state index in [9.17, 15) is 4.39 Å². The molecule has 6 heteroatoms. The van der Waals surface area contributed by atoms with E-state index in [2.05, 4.69) is 15.3 Å². The summed E-state index contributed by atoms with van der Waals surface area (Å²) in [5.74, 6) is 0.303. The van der Waals surface area contributed by atoms with Gasteiger partial charge in [-0.3, -0.25) is 0 Å². The summed E-state index contributed by atoms with van der Waals surface area (Å²) in [7, 11) is 0. The van der Waals surface area contributed by atoms with Gasteiger partial charge in [0.15, 0.2) is 0 Å². The Kier molecular flexibility index (Phi) is 4.03. The predicted octanol–water partition coefficient (Wildman–Crippen LogP) is 4.45. The standard InChI is InChI=1S/C15H13ClFN3S/c1-9-8-12-13(16)19-15(20-14(12)21-9)18-7-6-10-2-4-11(17)5-3-10/h2-5,8H,6-7H2,1H3,(H,18,19,20). The van der Waals surface area contributed by atoms with Gasteiger partial charge >= 0.3 is 0 Å². The van der Waals surface area contributed by atoms with Crippen LogP contribution in [0.1, 0.15) is 10.4 Å². The number of fused-ring (bicyclic) bond motifs is 1. The zero-order valence-electron chi connectivity index (χ0n) is 11.4. The van der Waals surface area contributed by atoms with Crippen LogP contribution in [0, 0.1) is 12.7 Å². The lowest BCUT2D eigenvalue weighted by atomic mass is 10.1. The first-order valence-corrected chi connectivity index (χ1v) is 7.73. The summed E-state index contributed by atoms with van der Waals surface area (Å²) in [6.07, 6.45) is 0.767. The Morgan fingerprint density at radius 2 is 2.00 bits per heavy atom. The molecule has 0 bridgehead atoms. The van der Waals surface area contributed by atoms with E-state index in [4.69, 9.17) is 11.6 Å². The van der Waals surface area contributed by atoms with Crippen LogP contribution in [-0.2, 0) is 6.42 Å². The molecule has 21 heavy (non-hydrogen) atoms. The number of thiophene rings is 1. The normalized spacial score (nSPS) is 11.0. The molecule has 2 aromatic heterocycles. The molecule has 0 amide bonds. The minimum Gasteiger partial charge on any atom is -0.354 e. The SMILES string of the molecule is Cc1cc2c(Cl)nc(NCCc3ccc(F)cc3)nc2s1. The van der Waals surface area contributed by atoms with E-state index in [1.807, 2.05) is 13.0 Å². The number of hydrogen-bond donors (Lipinski definition) is 1. The zero-order chi connectivity index (χ0) is 14.8. The second-order valence-corrected chi connectivity index (χ2v) is 6.31. The second-order valence-electron chi connectivity index (χ2n) is 4.72. The third-order valence-electron chi connectivity index (χ3n) is 3.08. The van der Waals surface area contributed by atoms with Crippen molar-refractivity contribution in [3.63, 3.8) is 0 Å². The van der Waals surface area contributed by atoms with Gasteiger partial charge in [-0.2, -0.15) is 0 Å². The van der Waals surface area contributed by atoms with Crippen molar-refractivity contribution in [2.75, 3.05) is 11.9 Å². The number of halogens is 2. The molecule has 0 saturated carbocycles. The van der Waals surface area contributed by atoms with Gasteiger partial charge in [0.05, 0.1) is 0 Å². The van der Waals surface area contributed by atoms with Crippen LogP contribution in [0.4, 0.5) is 10.3 Å². The van der Waals surface area contributed by atoms with Crippen LogP contribution in [0.25, 0.3) is 10.2 Å². The first-order valence-electron chi connectivity index (χ1n) is 6.54. The molecule has 0 saturated heterocycles. The summed E-state index contributed by atoms with van der Waals surface area (Å²) in [5, 5.41) is 4.51. The maximum absolute atomic E-state index is 12.8. The average Bonchev–Trinajstić information content (AvgIpc) is 2.82. The topological polar surface area (TPSA) is 37.8 Å². The maximum atomic E-state index is 12.8. The number of nitrogens with one attached hydrogen (secondary N) is 1. The molecular weight excluding hydrogens is 309 g/mol. The molecule has 3 rings (SSSR count). The van der Waals surface area contributed by atoms with E-state index in [0.717, 1.165) is 27.1 Å². The van der Waals surface area contributed by atoms with Gasteiger partial charge in [-0.15, -0.1) is 11.3 Å². The number of aromatic nitrogens is 2. The molecule has 3 aromatic rings. The van der Waals surface area contributed by atoms with Gasteiger partial charge < -0.3 is 5.32 Å². The lowest BCUT2D eigenvalue weighted by Gasteiger charge is -2.05. The van der Waals surface area contributed by atoms with E-state index in [1.54, 1.807) is 23.5 Å². The largest absolute Gasteiger partial charge is 0.354 e. The fourth-order valence-corrected chi connectivity index (χ4v) is 3.22. The van der Waals surface area contributed by atoms with Gasteiger partial charge in [0.1, 0.15) is 15.8 Å². The minimum atomic E-state index is -0.222. The van der Waals surface area contributed by atoms with Gasteiger partial charge in [-0.25, -0.2) is 14.4 Å². The van der Waals surface area contributed by atoms with Gasteiger partial charge in [-0.1, -0.05) is 23.7 Å². The Bertz CT molecular complexity index is 770. The summed E-state index contributed by atoms with van der Waals surface area (Å²) in [5.41, 5.74) is 1.06. The maximum Gasteiger partial charge on any atom is 0.225 e. The van der Waals surface area contributed by atoms with Crippen LogP contribution in [0.15, 0.2) is 30.3 Å². The van der Waals surface area contributed by atoms with Crippen molar-refractivity contribution in [2.45, 2.75) is 13.3 Å². The van der Waals surface area contributed by atoms with Crippen LogP contribution in [0.2, 0.25) is 5.15 Å². The summed E-state index contributed by atoms with van der Waals surface area (Å²) >= 11 is 7.76. The van der Waals surface area contributed by atoms with Crippen molar-refractivity contribution in [2.24, 2.45) is 0 Å². The molecule has 0 atom stereocenters. The molecule has 1 N–H and O–H groups in total. The number of anilines is 1. The molecule has 1 aromatic carbocycles. The summed E-state index contributed by atoms with van der Waals surface area (Å²) in [4.78, 5) is 10.7. The molecule has 0 aliphatic rings. The molecule has 3 nitrogen and oxygen atoms in total. The van der Waals surface area contributed by atoms with E-state index in [1.165, 1.54) is 12.1 Å². The molecule has 2 heterocycles. The molecule has 108 valence electrons. The Balaban J connectivity index is 1.69. The van der Waals surface area contributed by atoms with Gasteiger partial charge in [0, 0.05) is 16.8 Å². The Hall–Kier alpha value is -1.72. The second kappa shape index (κ2) is 5.95. The Labute approximate surface area is 130 Å². The highest BCUT2D eigenvalue weighted by Crippen LogP contribution is 2.29. The molecule has 0 aliphatic heterocycles. The minimum absolute atomic E-state index is 0.222. The summed E-state index contributed by atoms with van der Waals surface area (Å²) < 4.78 is 12.8. The van der Waals surface area contributed by atoms with Gasteiger partial charge in [0.25, 0.3) is 0 Å². The number of hydrogen-bond acceptors (Lipinski definition) is 4. The average molecular weight is 322 g/mol. The Morgan fingerprint density at radius 3 is 2.76 bits per heavy atom. The van der Waals surface area contributed by atoms with E-state index in [-0.39, 0.29) is 5.82 Å². The van der Waals surface area contributed by atoms with Crippen molar-refractivity contribution >= 4 is 39.1 Å². The molecular formula is C15H13ClFN3S. The van der Waals surface area contributed by atoms with Crippen LogP contribution in [0.5, 0.6) is 0 Å². The van der Waals surface area contributed by atoms with Crippen LogP contribution < -0.4 is 5.32 Å². The van der Waals surface area contributed by atoms with E-state index < -0.39 is 0 Å². The highest BCUT2D eigenvalue weighted by atomic mass is 35.5. The summed E-state index contributed by atoms with van der Waals surface area (Å²) in [6.45, 7) is 2.68. The monoisotopic (exact) mass is 321 g/mol. The highest BCUT2D eigenvalue weighted by molar-refractivity contribution is 7.18. The van der Waals surface area contributed by atoms with E-state index in [0.29, 0.717) is 17.6 Å². The summed E-state index contributed by atoms with van der Waals surface area (Å²) in [6, 6.07) is 8.46. The number of nitrogens with zero attached hydrogens (tertiary/aromatic N) is 2. The molecule has 0 fully saturated rings. The molecule has 0 aliphatic carbocycles. The van der Waals surface area contributed by atoms with E-state index >= 15 is 0 Å². The van der Waals surface area contributed by atoms with Crippen molar-refractivity contribution in [1.82, 2.24) is 9.97 Å². The van der Waals surface area contributed by atoms with Crippen molar-refractivity contribution < 1.29 is 4.39 Å². The van der Waals surface area contributed by atoms with Gasteiger partial charge in [0.2, 0.25) is 5.95 Å². The lowest BCUT2D eigenvalue weighted by molar-refractivity contribution is 0.627. The number of rotatable bonds is 4. The quantitative estimate of drug-likeness (QED) is 0.722. The first-order chi connectivity index (χ1) is 10.1. The Morgan fingerprint density at radius 1 is 1.24 bits per heavy atom. The fourth-order valence-electron chi connectivity index (χ4n) is 2.06. The molecule has 0 radical (unpaired) electrons. The number of aryl methyl sites for hydroxylation is 1. The molecule has 0 unspecified atom stereocenters. The fraction of sp³-hybridized carbons (Fsp3) is 0.200. The zero-order valence-corrected chi connectivity index (χ0v) is 12.9. The van der Waals surface area contributed by atoms with Crippen molar-refractivity contribution in [3.05, 3.63) is 51.7 Å². The first kappa shape index (κ1) is 14.2.